The first kappa shape index (κ1) is 34.3. The van der Waals surface area contributed by atoms with Gasteiger partial charge in [-0.25, -0.2) is 0 Å². The van der Waals surface area contributed by atoms with E-state index in [0.717, 1.165) is 54.0 Å². The standard InChI is InChI=1S/C39H51N5O3/c1-41(2)33-19-24-44(25-20-33)38(47)35(27-29-12-6-5-7-13-29)43(4)37(46)34(28-30-17-18-31-14-8-9-15-32(31)26-30)42(3)36(45)16-10-21-39(40)22-11-23-39/h5-10,12-18,26,33-35H,11,19-25,27-28,40H2,1-4H3/b16-10+/t34-,35-/m1/s1. The van der Waals surface area contributed by atoms with Crippen LogP contribution in [0.2, 0.25) is 0 Å². The molecule has 0 spiro atoms. The predicted octanol–water partition coefficient (Wildman–Crippen LogP) is 4.66. The van der Waals surface area contributed by atoms with E-state index in [2.05, 4.69) is 43.3 Å². The maximum atomic E-state index is 14.6. The minimum absolute atomic E-state index is 0.0472. The SMILES string of the molecule is CN(C)C1CCN(C(=O)[C@@H](Cc2ccccc2)N(C)C(=O)[C@@H](Cc2ccc3ccccc3c2)N(C)C(=O)/C=C/CC2(N)CCC2)CC1. The monoisotopic (exact) mass is 637 g/mol. The van der Waals surface area contributed by atoms with E-state index in [1.165, 1.54) is 4.90 Å². The van der Waals surface area contributed by atoms with Crippen LogP contribution in [-0.2, 0) is 27.2 Å². The van der Waals surface area contributed by atoms with Gasteiger partial charge in [0, 0.05) is 51.6 Å². The number of likely N-dealkylation sites (tertiary alicyclic amines) is 1. The zero-order valence-electron chi connectivity index (χ0n) is 28.5. The van der Waals surface area contributed by atoms with Gasteiger partial charge in [0.2, 0.25) is 17.7 Å². The summed E-state index contributed by atoms with van der Waals surface area (Å²) in [6, 6.07) is 23.1. The molecule has 0 aromatic heterocycles. The lowest BCUT2D eigenvalue weighted by Crippen LogP contribution is -2.57. The van der Waals surface area contributed by atoms with Crippen LogP contribution in [-0.4, -0.2) is 102 Å². The molecular formula is C39H51N5O3. The van der Waals surface area contributed by atoms with E-state index in [4.69, 9.17) is 5.73 Å². The van der Waals surface area contributed by atoms with Crippen LogP contribution >= 0.6 is 0 Å². The van der Waals surface area contributed by atoms with Crippen molar-refractivity contribution < 1.29 is 14.4 Å². The fraction of sp³-hybridized carbons (Fsp3) is 0.462. The number of carbonyl (C=O) groups is 3. The number of hydrogen-bond donors (Lipinski definition) is 1. The highest BCUT2D eigenvalue weighted by molar-refractivity contribution is 5.95. The molecule has 0 unspecified atom stereocenters. The molecule has 3 aromatic carbocycles. The van der Waals surface area contributed by atoms with E-state index in [1.54, 1.807) is 25.1 Å². The number of piperidine rings is 1. The van der Waals surface area contributed by atoms with Crippen LogP contribution in [0.5, 0.6) is 0 Å². The zero-order chi connectivity index (χ0) is 33.6. The summed E-state index contributed by atoms with van der Waals surface area (Å²) < 4.78 is 0. The summed E-state index contributed by atoms with van der Waals surface area (Å²) in [7, 11) is 7.57. The third kappa shape index (κ3) is 8.48. The number of fused-ring (bicyclic) bond motifs is 1. The van der Waals surface area contributed by atoms with Crippen molar-refractivity contribution in [3.05, 3.63) is 96.1 Å². The highest BCUT2D eigenvalue weighted by Gasteiger charge is 2.38. The Morgan fingerprint density at radius 2 is 1.47 bits per heavy atom. The highest BCUT2D eigenvalue weighted by Crippen LogP contribution is 2.32. The van der Waals surface area contributed by atoms with Crippen LogP contribution in [0, 0.1) is 0 Å². The Labute approximate surface area is 280 Å². The first-order valence-corrected chi connectivity index (χ1v) is 17.0. The molecule has 2 atom stereocenters. The largest absolute Gasteiger partial charge is 0.341 e. The second-order valence-corrected chi connectivity index (χ2v) is 13.8. The van der Waals surface area contributed by atoms with Gasteiger partial charge in [-0.05, 0) is 80.6 Å². The summed E-state index contributed by atoms with van der Waals surface area (Å²) >= 11 is 0. The number of hydrogen-bond acceptors (Lipinski definition) is 5. The molecule has 47 heavy (non-hydrogen) atoms. The number of benzene rings is 3. The van der Waals surface area contributed by atoms with Crippen molar-refractivity contribution in [3.63, 3.8) is 0 Å². The molecule has 3 amide bonds. The molecule has 3 aromatic rings. The van der Waals surface area contributed by atoms with Crippen molar-refractivity contribution in [2.45, 2.75) is 75.0 Å². The Morgan fingerprint density at radius 1 is 0.830 bits per heavy atom. The molecule has 0 bridgehead atoms. The Balaban J connectivity index is 1.42. The minimum Gasteiger partial charge on any atom is -0.341 e. The minimum atomic E-state index is -0.806. The van der Waals surface area contributed by atoms with Crippen molar-refractivity contribution in [2.24, 2.45) is 5.73 Å². The molecule has 250 valence electrons. The van der Waals surface area contributed by atoms with Crippen LogP contribution in [0.1, 0.15) is 49.7 Å². The maximum Gasteiger partial charge on any atom is 0.246 e. The summed E-state index contributed by atoms with van der Waals surface area (Å²) in [5, 5.41) is 2.19. The van der Waals surface area contributed by atoms with Gasteiger partial charge in [0.05, 0.1) is 0 Å². The van der Waals surface area contributed by atoms with Crippen molar-refractivity contribution in [3.8, 4) is 0 Å². The molecule has 8 nitrogen and oxygen atoms in total. The van der Waals surface area contributed by atoms with E-state index in [1.807, 2.05) is 59.5 Å². The van der Waals surface area contributed by atoms with E-state index in [9.17, 15) is 14.4 Å². The maximum absolute atomic E-state index is 14.6. The van der Waals surface area contributed by atoms with Crippen LogP contribution in [0.25, 0.3) is 10.8 Å². The van der Waals surface area contributed by atoms with E-state index >= 15 is 0 Å². The van der Waals surface area contributed by atoms with Gasteiger partial charge in [0.25, 0.3) is 0 Å². The highest BCUT2D eigenvalue weighted by atomic mass is 16.2. The number of amides is 3. The Morgan fingerprint density at radius 3 is 2.11 bits per heavy atom. The van der Waals surface area contributed by atoms with E-state index in [0.29, 0.717) is 38.4 Å². The average Bonchev–Trinajstić information content (AvgIpc) is 3.08. The molecule has 2 fully saturated rings. The lowest BCUT2D eigenvalue weighted by atomic mass is 9.75. The van der Waals surface area contributed by atoms with Crippen LogP contribution < -0.4 is 5.73 Å². The Bertz CT molecular complexity index is 1560. The molecule has 1 aliphatic carbocycles. The topological polar surface area (TPSA) is 90.2 Å². The number of rotatable bonds is 12. The molecular weight excluding hydrogens is 586 g/mol. The fourth-order valence-electron chi connectivity index (χ4n) is 6.91. The third-order valence-corrected chi connectivity index (χ3v) is 10.4. The fourth-order valence-corrected chi connectivity index (χ4v) is 6.91. The van der Waals surface area contributed by atoms with Crippen LogP contribution in [0.15, 0.2) is 84.9 Å². The molecule has 1 heterocycles. The van der Waals surface area contributed by atoms with Crippen molar-refractivity contribution in [1.29, 1.82) is 0 Å². The van der Waals surface area contributed by atoms with Gasteiger partial charge < -0.3 is 25.3 Å². The number of likely N-dealkylation sites (N-methyl/N-ethyl adjacent to an activating group) is 2. The van der Waals surface area contributed by atoms with Crippen molar-refractivity contribution >= 4 is 28.5 Å². The molecule has 1 aliphatic heterocycles. The first-order chi connectivity index (χ1) is 22.5. The molecule has 2 aliphatic rings. The summed E-state index contributed by atoms with van der Waals surface area (Å²) in [5.74, 6) is -0.555. The van der Waals surface area contributed by atoms with Gasteiger partial charge in [-0.3, -0.25) is 14.4 Å². The lowest BCUT2D eigenvalue weighted by Gasteiger charge is -2.40. The van der Waals surface area contributed by atoms with Gasteiger partial charge in [0.15, 0.2) is 0 Å². The van der Waals surface area contributed by atoms with Gasteiger partial charge in [-0.15, -0.1) is 0 Å². The van der Waals surface area contributed by atoms with Gasteiger partial charge in [-0.1, -0.05) is 78.9 Å². The smallest absolute Gasteiger partial charge is 0.246 e. The van der Waals surface area contributed by atoms with Gasteiger partial charge in [0.1, 0.15) is 12.1 Å². The molecule has 1 saturated heterocycles. The van der Waals surface area contributed by atoms with Crippen molar-refractivity contribution in [1.82, 2.24) is 19.6 Å². The number of nitrogens with two attached hydrogens (primary N) is 1. The lowest BCUT2D eigenvalue weighted by molar-refractivity contribution is -0.149. The third-order valence-electron chi connectivity index (χ3n) is 10.4. The Kier molecular flexibility index (Phi) is 11.1. The van der Waals surface area contributed by atoms with Crippen LogP contribution in [0.4, 0.5) is 0 Å². The van der Waals surface area contributed by atoms with Crippen molar-refractivity contribution in [2.75, 3.05) is 41.3 Å². The van der Waals surface area contributed by atoms with Gasteiger partial charge in [-0.2, -0.15) is 0 Å². The van der Waals surface area contributed by atoms with E-state index in [-0.39, 0.29) is 23.3 Å². The molecule has 5 rings (SSSR count). The second kappa shape index (κ2) is 15.3. The normalized spacial score (nSPS) is 17.8. The molecule has 0 radical (unpaired) electrons. The number of nitrogens with zero attached hydrogens (tertiary/aromatic N) is 4. The zero-order valence-corrected chi connectivity index (χ0v) is 28.5. The quantitative estimate of drug-likeness (QED) is 0.292. The molecule has 1 saturated carbocycles. The second-order valence-electron chi connectivity index (χ2n) is 13.8. The van der Waals surface area contributed by atoms with Gasteiger partial charge >= 0.3 is 0 Å². The van der Waals surface area contributed by atoms with E-state index < -0.39 is 12.1 Å². The summed E-state index contributed by atoms with van der Waals surface area (Å²) in [6.45, 7) is 1.31. The first-order valence-electron chi connectivity index (χ1n) is 17.0. The Hall–Kier alpha value is -4.01. The van der Waals surface area contributed by atoms with Crippen LogP contribution in [0.3, 0.4) is 0 Å². The summed E-state index contributed by atoms with van der Waals surface area (Å²) in [5.41, 5.74) is 8.09. The predicted molar refractivity (Wildman–Crippen MR) is 189 cm³/mol. The number of carbonyl (C=O) groups excluding carboxylic acids is 3. The molecule has 2 N–H and O–H groups in total. The average molecular weight is 638 g/mol. The summed E-state index contributed by atoms with van der Waals surface area (Å²) in [4.78, 5) is 49.7. The summed E-state index contributed by atoms with van der Waals surface area (Å²) in [6.07, 6.45) is 9.57. The molecule has 8 heteroatoms.